The third-order valence-corrected chi connectivity index (χ3v) is 3.63. The molecule has 0 radical (unpaired) electrons. The second kappa shape index (κ2) is 5.07. The highest BCUT2D eigenvalue weighted by Crippen LogP contribution is 2.38. The molecule has 7 heteroatoms. The van der Waals surface area contributed by atoms with Gasteiger partial charge in [-0.2, -0.15) is 18.3 Å². The van der Waals surface area contributed by atoms with Crippen molar-refractivity contribution in [1.29, 1.82) is 0 Å². The van der Waals surface area contributed by atoms with Crippen molar-refractivity contribution >= 4 is 0 Å². The Kier molecular flexibility index (Phi) is 3.36. The van der Waals surface area contributed by atoms with Gasteiger partial charge >= 0.3 is 6.18 Å². The zero-order chi connectivity index (χ0) is 15.0. The van der Waals surface area contributed by atoms with Gasteiger partial charge in [0.15, 0.2) is 0 Å². The van der Waals surface area contributed by atoms with E-state index in [0.29, 0.717) is 0 Å². The first-order valence-electron chi connectivity index (χ1n) is 6.51. The number of rotatable bonds is 2. The third kappa shape index (κ3) is 2.49. The summed E-state index contributed by atoms with van der Waals surface area (Å²) < 4.78 is 45.0. The van der Waals surface area contributed by atoms with Gasteiger partial charge in [-0.25, -0.2) is 0 Å². The first-order chi connectivity index (χ1) is 10.0. The van der Waals surface area contributed by atoms with Crippen molar-refractivity contribution in [2.75, 3.05) is 13.7 Å². The van der Waals surface area contributed by atoms with Gasteiger partial charge in [0.2, 0.25) is 0 Å². The molecular weight excluding hydrogens is 283 g/mol. The Balaban J connectivity index is 1.94. The van der Waals surface area contributed by atoms with Crippen molar-refractivity contribution < 1.29 is 17.9 Å². The van der Waals surface area contributed by atoms with E-state index in [0.717, 1.165) is 23.7 Å². The molecule has 0 aliphatic carbocycles. The van der Waals surface area contributed by atoms with E-state index in [-0.39, 0.29) is 18.7 Å². The van der Waals surface area contributed by atoms with Crippen LogP contribution in [-0.2, 0) is 6.18 Å². The summed E-state index contributed by atoms with van der Waals surface area (Å²) in [6.45, 7) is 0.265. The van der Waals surface area contributed by atoms with Crippen LogP contribution in [0.15, 0.2) is 36.7 Å². The van der Waals surface area contributed by atoms with Crippen LogP contribution in [0.3, 0.4) is 0 Å². The fraction of sp³-hybridized carbons (Fsp3) is 0.357. The van der Waals surface area contributed by atoms with E-state index in [1.165, 1.54) is 4.68 Å². The lowest BCUT2D eigenvalue weighted by Gasteiger charge is -2.33. The standard InChI is InChI=1S/C14H14F3N3O/c1-18-13-10-4-2-3-5-12(10)21-8-11(13)20-7-9(6-19-20)14(15,16)17/h2-7,11,13,18H,8H2,1H3. The predicted molar refractivity (Wildman–Crippen MR) is 70.0 cm³/mol. The van der Waals surface area contributed by atoms with E-state index in [1.807, 2.05) is 24.3 Å². The molecule has 1 aliphatic rings. The van der Waals surface area contributed by atoms with Crippen molar-refractivity contribution in [2.45, 2.75) is 18.3 Å². The highest BCUT2D eigenvalue weighted by atomic mass is 19.4. The monoisotopic (exact) mass is 297 g/mol. The van der Waals surface area contributed by atoms with Crippen molar-refractivity contribution in [3.63, 3.8) is 0 Å². The summed E-state index contributed by atoms with van der Waals surface area (Å²) in [4.78, 5) is 0. The van der Waals surface area contributed by atoms with Crippen LogP contribution >= 0.6 is 0 Å². The first kappa shape index (κ1) is 13.9. The van der Waals surface area contributed by atoms with Crippen LogP contribution < -0.4 is 10.1 Å². The maximum absolute atomic E-state index is 12.7. The number of ether oxygens (including phenoxy) is 1. The summed E-state index contributed by atoms with van der Waals surface area (Å²) in [5.74, 6) is 0.747. The Hall–Kier alpha value is -2.02. The minimum absolute atomic E-state index is 0.157. The Labute approximate surface area is 119 Å². The Morgan fingerprint density at radius 3 is 2.76 bits per heavy atom. The summed E-state index contributed by atoms with van der Waals surface area (Å²) in [7, 11) is 1.77. The van der Waals surface area contributed by atoms with Gasteiger partial charge in [-0.3, -0.25) is 4.68 Å². The predicted octanol–water partition coefficient (Wildman–Crippen LogP) is 2.80. The lowest BCUT2D eigenvalue weighted by atomic mass is 9.96. The number of halogens is 3. The van der Waals surface area contributed by atoms with E-state index in [9.17, 15) is 13.2 Å². The highest BCUT2D eigenvalue weighted by molar-refractivity contribution is 5.38. The van der Waals surface area contributed by atoms with Crippen LogP contribution in [0, 0.1) is 0 Å². The number of hydrogen-bond donors (Lipinski definition) is 1. The molecule has 2 unspecified atom stereocenters. The fourth-order valence-electron chi connectivity index (χ4n) is 2.59. The van der Waals surface area contributed by atoms with Crippen LogP contribution in [-0.4, -0.2) is 23.4 Å². The number of hydrogen-bond acceptors (Lipinski definition) is 3. The number of alkyl halides is 3. The van der Waals surface area contributed by atoms with Crippen LogP contribution in [0.5, 0.6) is 5.75 Å². The molecule has 0 bridgehead atoms. The summed E-state index contributed by atoms with van der Waals surface area (Å²) >= 11 is 0. The van der Waals surface area contributed by atoms with Gasteiger partial charge in [0, 0.05) is 11.8 Å². The number of nitrogens with zero attached hydrogens (tertiary/aromatic N) is 2. The number of benzene rings is 1. The molecule has 1 N–H and O–H groups in total. The summed E-state index contributed by atoms with van der Waals surface area (Å²) in [5.41, 5.74) is 0.163. The molecule has 0 saturated carbocycles. The third-order valence-electron chi connectivity index (χ3n) is 3.63. The van der Waals surface area contributed by atoms with Crippen molar-refractivity contribution in [3.8, 4) is 5.75 Å². The molecule has 1 aromatic carbocycles. The molecule has 0 fully saturated rings. The molecule has 1 aliphatic heterocycles. The second-order valence-corrected chi connectivity index (χ2v) is 4.89. The van der Waals surface area contributed by atoms with Gasteiger partial charge in [0.25, 0.3) is 0 Å². The van der Waals surface area contributed by atoms with Gasteiger partial charge < -0.3 is 10.1 Å². The smallest absolute Gasteiger partial charge is 0.419 e. The lowest BCUT2D eigenvalue weighted by Crippen LogP contribution is -2.35. The van der Waals surface area contributed by atoms with Crippen molar-refractivity contribution in [2.24, 2.45) is 0 Å². The molecule has 1 aromatic heterocycles. The Morgan fingerprint density at radius 2 is 2.10 bits per heavy atom. The summed E-state index contributed by atoms with van der Waals surface area (Å²) in [6.07, 6.45) is -2.53. The lowest BCUT2D eigenvalue weighted by molar-refractivity contribution is -0.137. The zero-order valence-electron chi connectivity index (χ0n) is 11.3. The molecule has 2 atom stereocenters. The molecule has 2 heterocycles. The van der Waals surface area contributed by atoms with Gasteiger partial charge in [0.1, 0.15) is 18.4 Å². The number of fused-ring (bicyclic) bond motifs is 1. The van der Waals surface area contributed by atoms with Crippen molar-refractivity contribution in [1.82, 2.24) is 15.1 Å². The van der Waals surface area contributed by atoms with Gasteiger partial charge in [-0.15, -0.1) is 0 Å². The van der Waals surface area contributed by atoms with Crippen LogP contribution in [0.1, 0.15) is 23.2 Å². The molecule has 21 heavy (non-hydrogen) atoms. The Morgan fingerprint density at radius 1 is 1.33 bits per heavy atom. The van der Waals surface area contributed by atoms with E-state index < -0.39 is 11.7 Å². The SMILES string of the molecule is CNC1c2ccccc2OCC1n1cc(C(F)(F)F)cn1. The first-order valence-corrected chi connectivity index (χ1v) is 6.51. The Bertz CT molecular complexity index is 638. The highest BCUT2D eigenvalue weighted by Gasteiger charge is 2.36. The number of nitrogens with one attached hydrogen (secondary N) is 1. The van der Waals surface area contributed by atoms with Gasteiger partial charge in [-0.05, 0) is 13.1 Å². The van der Waals surface area contributed by atoms with Gasteiger partial charge in [0.05, 0.1) is 17.8 Å². The molecule has 2 aromatic rings. The zero-order valence-corrected chi connectivity index (χ0v) is 11.3. The maximum Gasteiger partial charge on any atom is 0.419 e. The molecule has 0 amide bonds. The second-order valence-electron chi connectivity index (χ2n) is 4.89. The van der Waals surface area contributed by atoms with Crippen LogP contribution in [0.25, 0.3) is 0 Å². The van der Waals surface area contributed by atoms with E-state index in [2.05, 4.69) is 10.4 Å². The minimum Gasteiger partial charge on any atom is -0.491 e. The average molecular weight is 297 g/mol. The summed E-state index contributed by atoms with van der Waals surface area (Å²) in [5, 5.41) is 6.99. The molecule has 4 nitrogen and oxygen atoms in total. The molecule has 112 valence electrons. The average Bonchev–Trinajstić information content (AvgIpc) is 2.95. The molecule has 3 rings (SSSR count). The van der Waals surface area contributed by atoms with E-state index in [1.54, 1.807) is 7.05 Å². The van der Waals surface area contributed by atoms with Crippen molar-refractivity contribution in [3.05, 3.63) is 47.8 Å². The normalized spacial score (nSPS) is 21.7. The fourth-order valence-corrected chi connectivity index (χ4v) is 2.59. The maximum atomic E-state index is 12.7. The van der Waals surface area contributed by atoms with E-state index in [4.69, 9.17) is 4.74 Å². The topological polar surface area (TPSA) is 39.1 Å². The van der Waals surface area contributed by atoms with E-state index >= 15 is 0 Å². The minimum atomic E-state index is -4.39. The quantitative estimate of drug-likeness (QED) is 0.926. The number of likely N-dealkylation sites (N-methyl/N-ethyl adjacent to an activating group) is 1. The summed E-state index contributed by atoms with van der Waals surface area (Å²) in [6, 6.07) is 6.99. The number of para-hydroxylation sites is 1. The van der Waals surface area contributed by atoms with Crippen LogP contribution in [0.2, 0.25) is 0 Å². The molecule has 0 spiro atoms. The van der Waals surface area contributed by atoms with Gasteiger partial charge in [-0.1, -0.05) is 18.2 Å². The number of aromatic nitrogens is 2. The molecule has 0 saturated heterocycles. The largest absolute Gasteiger partial charge is 0.491 e. The molecular formula is C14H14F3N3O. The van der Waals surface area contributed by atoms with Crippen LogP contribution in [0.4, 0.5) is 13.2 Å².